The van der Waals surface area contributed by atoms with E-state index in [2.05, 4.69) is 31.2 Å². The fraction of sp³-hybridized carbons (Fsp3) is 0.353. The van der Waals surface area contributed by atoms with Gasteiger partial charge in [0.15, 0.2) is 0 Å². The van der Waals surface area contributed by atoms with Crippen molar-refractivity contribution in [2.45, 2.75) is 18.9 Å². The highest BCUT2D eigenvalue weighted by Crippen LogP contribution is 2.27. The maximum Gasteiger partial charge on any atom is 0.320 e. The number of hydrogen-bond donors (Lipinski definition) is 4. The van der Waals surface area contributed by atoms with Crippen molar-refractivity contribution >= 4 is 29.3 Å². The van der Waals surface area contributed by atoms with Gasteiger partial charge in [-0.15, -0.1) is 0 Å². The lowest BCUT2D eigenvalue weighted by Gasteiger charge is -2.29. The minimum absolute atomic E-state index is 0.298. The number of amides is 2. The molecule has 2 heterocycles. The molecule has 1 fully saturated rings. The number of aryl methyl sites for hydroxylation is 1. The van der Waals surface area contributed by atoms with Gasteiger partial charge in [-0.2, -0.15) is 0 Å². The molecule has 8 heteroatoms. The highest BCUT2D eigenvalue weighted by Gasteiger charge is 2.38. The van der Waals surface area contributed by atoms with E-state index in [1.807, 2.05) is 25.1 Å². The monoisotopic (exact) mass is 360 g/mol. The number of carbonyl (C=O) groups is 1. The van der Waals surface area contributed by atoms with Gasteiger partial charge < -0.3 is 21.3 Å². The summed E-state index contributed by atoms with van der Waals surface area (Å²) in [5.74, 6) is 0.524. The van der Waals surface area contributed by atoms with Crippen LogP contribution in [0.2, 0.25) is 5.02 Å². The van der Waals surface area contributed by atoms with Gasteiger partial charge in [0.1, 0.15) is 0 Å². The van der Waals surface area contributed by atoms with Crippen LogP contribution in [0.25, 0.3) is 0 Å². The Kier molecular flexibility index (Phi) is 5.06. The van der Waals surface area contributed by atoms with Gasteiger partial charge in [0.25, 0.3) is 0 Å². The standard InChI is InChI=1S/C17H21ClN6O/c1-11-3-4-12(9-13(11)18)22-16(25)24-17(6-8-20-10-17)14-5-7-21-15(19-2)23-14/h3-5,7,9,20H,6,8,10H2,1-2H3,(H,19,21,23)(H2,22,24,25)/t17-/m0/s1. The summed E-state index contributed by atoms with van der Waals surface area (Å²) in [6.45, 7) is 3.32. The Morgan fingerprint density at radius 1 is 1.36 bits per heavy atom. The molecule has 132 valence electrons. The lowest BCUT2D eigenvalue weighted by atomic mass is 9.94. The van der Waals surface area contributed by atoms with Crippen LogP contribution in [0.5, 0.6) is 0 Å². The first-order valence-corrected chi connectivity index (χ1v) is 8.47. The quantitative estimate of drug-likeness (QED) is 0.672. The predicted molar refractivity (Wildman–Crippen MR) is 99.1 cm³/mol. The Labute approximate surface area is 151 Å². The summed E-state index contributed by atoms with van der Waals surface area (Å²) in [6, 6.07) is 6.96. The van der Waals surface area contributed by atoms with Gasteiger partial charge in [-0.25, -0.2) is 14.8 Å². The second kappa shape index (κ2) is 7.25. The van der Waals surface area contributed by atoms with Crippen molar-refractivity contribution in [2.24, 2.45) is 0 Å². The Morgan fingerprint density at radius 3 is 2.88 bits per heavy atom. The van der Waals surface area contributed by atoms with Crippen LogP contribution in [0.3, 0.4) is 0 Å². The number of hydrogen-bond acceptors (Lipinski definition) is 5. The molecular formula is C17H21ClN6O. The lowest BCUT2D eigenvalue weighted by molar-refractivity contribution is 0.238. The Hall–Kier alpha value is -2.38. The van der Waals surface area contributed by atoms with Gasteiger partial charge in [-0.05, 0) is 43.7 Å². The summed E-state index contributed by atoms with van der Waals surface area (Å²) in [4.78, 5) is 21.2. The van der Waals surface area contributed by atoms with Gasteiger partial charge in [-0.3, -0.25) is 0 Å². The highest BCUT2D eigenvalue weighted by atomic mass is 35.5. The summed E-state index contributed by atoms with van der Waals surface area (Å²) in [6.07, 6.45) is 2.43. The first-order valence-electron chi connectivity index (χ1n) is 8.10. The van der Waals surface area contributed by atoms with Crippen LogP contribution < -0.4 is 21.3 Å². The molecule has 1 aliphatic heterocycles. The second-order valence-corrected chi connectivity index (χ2v) is 6.47. The molecule has 3 rings (SSSR count). The number of carbonyl (C=O) groups excluding carboxylic acids is 1. The minimum Gasteiger partial charge on any atom is -0.357 e. The van der Waals surface area contributed by atoms with Gasteiger partial charge in [0.05, 0.1) is 11.2 Å². The molecule has 25 heavy (non-hydrogen) atoms. The van der Waals surface area contributed by atoms with E-state index in [-0.39, 0.29) is 6.03 Å². The second-order valence-electron chi connectivity index (χ2n) is 6.07. The molecule has 0 unspecified atom stereocenters. The minimum atomic E-state index is -0.576. The molecule has 4 N–H and O–H groups in total. The maximum atomic E-state index is 12.5. The number of benzene rings is 1. The average Bonchev–Trinajstić information content (AvgIpc) is 3.08. The van der Waals surface area contributed by atoms with Crippen molar-refractivity contribution < 1.29 is 4.79 Å². The van der Waals surface area contributed by atoms with E-state index < -0.39 is 5.54 Å². The van der Waals surface area contributed by atoms with E-state index in [0.717, 1.165) is 24.2 Å². The molecule has 0 bridgehead atoms. The first-order chi connectivity index (χ1) is 12.0. The normalized spacial score (nSPS) is 19.5. The zero-order chi connectivity index (χ0) is 17.9. The number of anilines is 2. The van der Waals surface area contributed by atoms with E-state index in [4.69, 9.17) is 11.6 Å². The van der Waals surface area contributed by atoms with Crippen LogP contribution in [-0.2, 0) is 5.54 Å². The van der Waals surface area contributed by atoms with Gasteiger partial charge in [-0.1, -0.05) is 17.7 Å². The average molecular weight is 361 g/mol. The van der Waals surface area contributed by atoms with E-state index >= 15 is 0 Å². The van der Waals surface area contributed by atoms with Crippen molar-refractivity contribution in [3.8, 4) is 0 Å². The molecular weight excluding hydrogens is 340 g/mol. The largest absolute Gasteiger partial charge is 0.357 e. The van der Waals surface area contributed by atoms with Crippen molar-refractivity contribution in [3.63, 3.8) is 0 Å². The number of halogens is 1. The van der Waals surface area contributed by atoms with Gasteiger partial charge >= 0.3 is 6.03 Å². The van der Waals surface area contributed by atoms with E-state index in [9.17, 15) is 4.79 Å². The number of nitrogens with one attached hydrogen (secondary N) is 4. The lowest BCUT2D eigenvalue weighted by Crippen LogP contribution is -2.49. The maximum absolute atomic E-state index is 12.5. The number of nitrogens with zero attached hydrogens (tertiary/aromatic N) is 2. The molecule has 1 saturated heterocycles. The smallest absolute Gasteiger partial charge is 0.320 e. The van der Waals surface area contributed by atoms with Crippen LogP contribution in [-0.4, -0.2) is 36.1 Å². The van der Waals surface area contributed by atoms with E-state index in [0.29, 0.717) is 23.2 Å². The van der Waals surface area contributed by atoms with Crippen molar-refractivity contribution in [1.29, 1.82) is 0 Å². The summed E-state index contributed by atoms with van der Waals surface area (Å²) in [7, 11) is 1.76. The third-order valence-electron chi connectivity index (χ3n) is 4.31. The molecule has 1 atom stereocenters. The topological polar surface area (TPSA) is 91.0 Å². The SMILES string of the molecule is CNc1nccc([C@]2(NC(=O)Nc3ccc(C)c(Cl)c3)CCNC2)n1. The fourth-order valence-corrected chi connectivity index (χ4v) is 3.06. The Morgan fingerprint density at radius 2 is 2.20 bits per heavy atom. The molecule has 1 aliphatic rings. The predicted octanol–water partition coefficient (Wildman–Crippen LogP) is 2.49. The molecule has 0 spiro atoms. The molecule has 7 nitrogen and oxygen atoms in total. The molecule has 0 radical (unpaired) electrons. The van der Waals surface area contributed by atoms with Crippen molar-refractivity contribution in [1.82, 2.24) is 20.6 Å². The van der Waals surface area contributed by atoms with Crippen LogP contribution in [0.15, 0.2) is 30.5 Å². The zero-order valence-corrected chi connectivity index (χ0v) is 14.9. The Bertz CT molecular complexity index is 775. The number of rotatable bonds is 4. The van der Waals surface area contributed by atoms with Crippen molar-refractivity contribution in [2.75, 3.05) is 30.8 Å². The fourth-order valence-electron chi connectivity index (χ4n) is 2.88. The van der Waals surface area contributed by atoms with Gasteiger partial charge in [0.2, 0.25) is 5.95 Å². The van der Waals surface area contributed by atoms with E-state index in [1.54, 1.807) is 19.3 Å². The number of urea groups is 1. The molecule has 0 saturated carbocycles. The van der Waals surface area contributed by atoms with Crippen LogP contribution in [0, 0.1) is 6.92 Å². The zero-order valence-electron chi connectivity index (χ0n) is 14.2. The summed E-state index contributed by atoms with van der Waals surface area (Å²) in [5.41, 5.74) is 1.80. The summed E-state index contributed by atoms with van der Waals surface area (Å²) in [5, 5.41) is 12.7. The Balaban J connectivity index is 1.79. The third kappa shape index (κ3) is 3.83. The number of aromatic nitrogens is 2. The van der Waals surface area contributed by atoms with Crippen LogP contribution >= 0.6 is 11.6 Å². The van der Waals surface area contributed by atoms with Crippen molar-refractivity contribution in [3.05, 3.63) is 46.7 Å². The molecule has 1 aromatic carbocycles. The highest BCUT2D eigenvalue weighted by molar-refractivity contribution is 6.31. The molecule has 2 aromatic rings. The third-order valence-corrected chi connectivity index (χ3v) is 4.71. The molecule has 1 aromatic heterocycles. The van der Waals surface area contributed by atoms with E-state index in [1.165, 1.54) is 0 Å². The first kappa shape index (κ1) is 17.4. The summed E-state index contributed by atoms with van der Waals surface area (Å²) >= 11 is 6.12. The van der Waals surface area contributed by atoms with Gasteiger partial charge in [0, 0.05) is 30.5 Å². The molecule has 0 aliphatic carbocycles. The molecule has 2 amide bonds. The van der Waals surface area contributed by atoms with Crippen LogP contribution in [0.1, 0.15) is 17.7 Å². The summed E-state index contributed by atoms with van der Waals surface area (Å²) < 4.78 is 0. The van der Waals surface area contributed by atoms with Crippen LogP contribution in [0.4, 0.5) is 16.4 Å².